The van der Waals surface area contributed by atoms with Gasteiger partial charge in [0.05, 0.1) is 32.9 Å². The van der Waals surface area contributed by atoms with Crippen LogP contribution in [0.2, 0.25) is 0 Å². The second-order valence-corrected chi connectivity index (χ2v) is 4.51. The van der Waals surface area contributed by atoms with Crippen molar-refractivity contribution in [3.05, 3.63) is 16.9 Å². The predicted octanol–water partition coefficient (Wildman–Crippen LogP) is 2.01. The fourth-order valence-corrected chi connectivity index (χ4v) is 2.26. The van der Waals surface area contributed by atoms with Crippen molar-refractivity contribution >= 4 is 28.9 Å². The molecule has 2 aromatic rings. The van der Waals surface area contributed by atoms with Crippen LogP contribution in [0, 0.1) is 4.77 Å². The van der Waals surface area contributed by atoms with E-state index in [2.05, 4.69) is 4.98 Å². The van der Waals surface area contributed by atoms with Gasteiger partial charge in [-0.1, -0.05) is 0 Å². The van der Waals surface area contributed by atoms with E-state index in [9.17, 15) is 0 Å². The summed E-state index contributed by atoms with van der Waals surface area (Å²) < 4.78 is 17.7. The normalized spacial score (nSPS) is 10.8. The molecule has 108 valence electrons. The minimum atomic E-state index is 0.416. The van der Waals surface area contributed by atoms with Crippen LogP contribution in [0.4, 0.5) is 5.82 Å². The van der Waals surface area contributed by atoms with Gasteiger partial charge in [-0.15, -0.1) is 0 Å². The summed E-state index contributed by atoms with van der Waals surface area (Å²) >= 11 is 5.27. The molecule has 0 unspecified atom stereocenters. The van der Waals surface area contributed by atoms with E-state index in [1.807, 2.05) is 0 Å². The van der Waals surface area contributed by atoms with Crippen LogP contribution in [0.15, 0.2) is 12.1 Å². The van der Waals surface area contributed by atoms with E-state index < -0.39 is 0 Å². The first-order valence-electron chi connectivity index (χ1n) is 6.03. The number of fused-ring (bicyclic) bond motifs is 1. The summed E-state index contributed by atoms with van der Waals surface area (Å²) in [4.78, 5) is 4.38. The summed E-state index contributed by atoms with van der Waals surface area (Å²) in [5.41, 5.74) is 6.86. The number of methoxy groups -OCH3 is 3. The Kier molecular flexibility index (Phi) is 4.41. The number of benzene rings is 1. The molecular formula is C13H17N3O3S. The maximum absolute atomic E-state index is 6.18. The van der Waals surface area contributed by atoms with Crippen LogP contribution in [-0.2, 0) is 11.3 Å². The van der Waals surface area contributed by atoms with E-state index in [4.69, 9.17) is 32.2 Å². The highest BCUT2D eigenvalue weighted by atomic mass is 32.1. The van der Waals surface area contributed by atoms with Gasteiger partial charge in [0.25, 0.3) is 0 Å². The molecule has 2 N–H and O–H groups in total. The van der Waals surface area contributed by atoms with E-state index in [0.29, 0.717) is 40.8 Å². The highest BCUT2D eigenvalue weighted by Gasteiger charge is 2.12. The molecule has 0 saturated carbocycles. The maximum Gasteiger partial charge on any atom is 0.201 e. The average molecular weight is 295 g/mol. The standard InChI is InChI=1S/C13H17N3O3S/c1-17-5-4-16-12(14)8-6-10(18-2)11(19-3)7-9(8)15-13(16)20/h6-7H,4-5,14H2,1-3H3. The Hall–Kier alpha value is -1.86. The molecule has 0 fully saturated rings. The van der Waals surface area contributed by atoms with Gasteiger partial charge in [0.1, 0.15) is 5.82 Å². The molecule has 7 heteroatoms. The van der Waals surface area contributed by atoms with Crippen molar-refractivity contribution in [2.24, 2.45) is 0 Å². The van der Waals surface area contributed by atoms with Crippen LogP contribution in [0.25, 0.3) is 10.9 Å². The number of aromatic nitrogens is 2. The van der Waals surface area contributed by atoms with Crippen LogP contribution in [-0.4, -0.2) is 37.5 Å². The molecule has 0 aliphatic heterocycles. The Morgan fingerprint density at radius 2 is 1.85 bits per heavy atom. The summed E-state index contributed by atoms with van der Waals surface area (Å²) in [7, 11) is 4.78. The molecule has 1 heterocycles. The van der Waals surface area contributed by atoms with Crippen molar-refractivity contribution in [1.29, 1.82) is 0 Å². The predicted molar refractivity (Wildman–Crippen MR) is 80.0 cm³/mol. The number of hydrogen-bond donors (Lipinski definition) is 1. The molecule has 0 atom stereocenters. The SMILES string of the molecule is COCCn1c(N)c2cc(OC)c(OC)cc2nc1=S. The van der Waals surface area contributed by atoms with Crippen LogP contribution in [0.1, 0.15) is 0 Å². The summed E-state index contributed by atoms with van der Waals surface area (Å²) in [6, 6.07) is 3.57. The lowest BCUT2D eigenvalue weighted by Gasteiger charge is -2.14. The molecular weight excluding hydrogens is 278 g/mol. The van der Waals surface area contributed by atoms with Crippen LogP contribution >= 0.6 is 12.2 Å². The van der Waals surface area contributed by atoms with Crippen LogP contribution in [0.5, 0.6) is 11.5 Å². The van der Waals surface area contributed by atoms with Gasteiger partial charge in [-0.25, -0.2) is 4.98 Å². The largest absolute Gasteiger partial charge is 0.493 e. The Bertz CT molecular complexity index is 685. The average Bonchev–Trinajstić information content (AvgIpc) is 2.46. The lowest BCUT2D eigenvalue weighted by Crippen LogP contribution is -2.12. The Balaban J connectivity index is 2.68. The molecule has 2 rings (SSSR count). The fraction of sp³-hybridized carbons (Fsp3) is 0.385. The molecule has 0 aliphatic rings. The van der Waals surface area contributed by atoms with Crippen molar-refractivity contribution in [3.63, 3.8) is 0 Å². The first-order valence-corrected chi connectivity index (χ1v) is 6.44. The summed E-state index contributed by atoms with van der Waals surface area (Å²) in [5, 5.41) is 0.771. The van der Waals surface area contributed by atoms with Gasteiger partial charge in [0, 0.05) is 18.6 Å². The zero-order valence-electron chi connectivity index (χ0n) is 11.7. The van der Waals surface area contributed by atoms with E-state index >= 15 is 0 Å². The minimum Gasteiger partial charge on any atom is -0.493 e. The number of nitrogen functional groups attached to an aromatic ring is 1. The minimum absolute atomic E-state index is 0.416. The summed E-state index contributed by atoms with van der Waals surface area (Å²) in [6.07, 6.45) is 0. The Morgan fingerprint density at radius 1 is 1.20 bits per heavy atom. The number of ether oxygens (including phenoxy) is 3. The molecule has 1 aromatic heterocycles. The molecule has 0 amide bonds. The van der Waals surface area contributed by atoms with Gasteiger partial charge in [0.2, 0.25) is 4.77 Å². The third kappa shape index (κ3) is 2.54. The second kappa shape index (κ2) is 6.06. The van der Waals surface area contributed by atoms with E-state index in [0.717, 1.165) is 5.39 Å². The first kappa shape index (κ1) is 14.5. The molecule has 0 bridgehead atoms. The van der Waals surface area contributed by atoms with Gasteiger partial charge in [0.15, 0.2) is 11.5 Å². The highest BCUT2D eigenvalue weighted by molar-refractivity contribution is 7.71. The number of anilines is 1. The van der Waals surface area contributed by atoms with Gasteiger partial charge in [-0.3, -0.25) is 0 Å². The van der Waals surface area contributed by atoms with Crippen molar-refractivity contribution in [2.75, 3.05) is 33.7 Å². The van der Waals surface area contributed by atoms with E-state index in [1.54, 1.807) is 38.0 Å². The molecule has 0 aliphatic carbocycles. The van der Waals surface area contributed by atoms with Gasteiger partial charge in [-0.05, 0) is 18.3 Å². The molecule has 6 nitrogen and oxygen atoms in total. The maximum atomic E-state index is 6.18. The fourth-order valence-electron chi connectivity index (χ4n) is 1.98. The lowest BCUT2D eigenvalue weighted by molar-refractivity contribution is 0.187. The summed E-state index contributed by atoms with van der Waals surface area (Å²) in [5.74, 6) is 1.73. The number of rotatable bonds is 5. The molecule has 0 radical (unpaired) electrons. The van der Waals surface area contributed by atoms with E-state index in [-0.39, 0.29) is 0 Å². The second-order valence-electron chi connectivity index (χ2n) is 4.15. The first-order chi connectivity index (χ1) is 9.62. The topological polar surface area (TPSA) is 71.5 Å². The molecule has 0 spiro atoms. The molecule has 20 heavy (non-hydrogen) atoms. The van der Waals surface area contributed by atoms with Crippen molar-refractivity contribution in [3.8, 4) is 11.5 Å². The Labute approximate surface area is 122 Å². The van der Waals surface area contributed by atoms with Crippen LogP contribution < -0.4 is 15.2 Å². The van der Waals surface area contributed by atoms with Gasteiger partial charge < -0.3 is 24.5 Å². The van der Waals surface area contributed by atoms with Crippen molar-refractivity contribution < 1.29 is 14.2 Å². The quantitative estimate of drug-likeness (QED) is 0.851. The number of hydrogen-bond acceptors (Lipinski definition) is 6. The molecule has 0 saturated heterocycles. The lowest BCUT2D eigenvalue weighted by atomic mass is 10.2. The van der Waals surface area contributed by atoms with Gasteiger partial charge >= 0.3 is 0 Å². The van der Waals surface area contributed by atoms with Crippen molar-refractivity contribution in [2.45, 2.75) is 6.54 Å². The third-order valence-electron chi connectivity index (χ3n) is 3.03. The Morgan fingerprint density at radius 3 is 2.45 bits per heavy atom. The smallest absolute Gasteiger partial charge is 0.201 e. The highest BCUT2D eigenvalue weighted by Crippen LogP contribution is 2.33. The summed E-state index contributed by atoms with van der Waals surface area (Å²) in [6.45, 7) is 1.07. The number of nitrogens with two attached hydrogens (primary N) is 1. The zero-order valence-corrected chi connectivity index (χ0v) is 12.5. The van der Waals surface area contributed by atoms with Crippen LogP contribution in [0.3, 0.4) is 0 Å². The molecule has 1 aromatic carbocycles. The third-order valence-corrected chi connectivity index (χ3v) is 3.35. The monoisotopic (exact) mass is 295 g/mol. The van der Waals surface area contributed by atoms with E-state index in [1.165, 1.54) is 0 Å². The number of nitrogens with zero attached hydrogens (tertiary/aromatic N) is 2. The van der Waals surface area contributed by atoms with Crippen molar-refractivity contribution in [1.82, 2.24) is 9.55 Å². The van der Waals surface area contributed by atoms with Gasteiger partial charge in [-0.2, -0.15) is 0 Å². The zero-order chi connectivity index (χ0) is 14.7.